The van der Waals surface area contributed by atoms with Gasteiger partial charge in [0.15, 0.2) is 6.29 Å². The molecule has 5 saturated carbocycles. The van der Waals surface area contributed by atoms with Crippen molar-refractivity contribution in [3.8, 4) is 0 Å². The Hall–Kier alpha value is -1.60. The summed E-state index contributed by atoms with van der Waals surface area (Å²) in [5, 5.41) is 54.6. The lowest BCUT2D eigenvalue weighted by atomic mass is 9.37. The van der Waals surface area contributed by atoms with E-state index in [1.807, 2.05) is 0 Å². The summed E-state index contributed by atoms with van der Waals surface area (Å²) in [5.41, 5.74) is -0.234. The maximum absolute atomic E-state index is 12.3. The fourth-order valence-electron chi connectivity index (χ4n) is 13.6. The van der Waals surface area contributed by atoms with Crippen molar-refractivity contribution in [1.82, 2.24) is 0 Å². The molecule has 1 saturated heterocycles. The van der Waals surface area contributed by atoms with Crippen molar-refractivity contribution in [1.29, 1.82) is 0 Å². The second kappa shape index (κ2) is 13.3. The number of carbonyl (C=O) groups is 2. The highest BCUT2D eigenvalue weighted by Crippen LogP contribution is 2.91. The maximum Gasteiger partial charge on any atom is 0.302 e. The molecule has 6 fully saturated rings. The van der Waals surface area contributed by atoms with Crippen LogP contribution in [0.3, 0.4) is 0 Å². The summed E-state index contributed by atoms with van der Waals surface area (Å²) in [6.45, 7) is 19.5. The summed E-state index contributed by atoms with van der Waals surface area (Å²) >= 11 is 0. The minimum atomic E-state index is -1.57. The summed E-state index contributed by atoms with van der Waals surface area (Å²) < 4.78 is 24.3. The Balaban J connectivity index is 1.36. The van der Waals surface area contributed by atoms with Crippen LogP contribution in [0.2, 0.25) is 0 Å². The first-order valence-corrected chi connectivity index (χ1v) is 19.3. The van der Waals surface area contributed by atoms with Crippen molar-refractivity contribution >= 4 is 11.9 Å². The quantitative estimate of drug-likeness (QED) is 0.125. The Morgan fingerprint density at radius 2 is 1.57 bits per heavy atom. The zero-order valence-electron chi connectivity index (χ0n) is 32.0. The van der Waals surface area contributed by atoms with Gasteiger partial charge in [0.05, 0.1) is 12.2 Å². The molecule has 0 bridgehead atoms. The smallest absolute Gasteiger partial charge is 0.302 e. The first kappa shape index (κ1) is 39.1. The highest BCUT2D eigenvalue weighted by molar-refractivity contribution is 5.66. The third-order valence-electron chi connectivity index (χ3n) is 16.0. The van der Waals surface area contributed by atoms with E-state index in [1.165, 1.54) is 13.8 Å². The molecule has 5 aliphatic carbocycles. The van der Waals surface area contributed by atoms with Gasteiger partial charge >= 0.3 is 11.9 Å². The molecule has 0 spiro atoms. The Bertz CT molecular complexity index is 1370. The van der Waals surface area contributed by atoms with Gasteiger partial charge in [0.1, 0.15) is 43.2 Å². The molecule has 6 aliphatic rings. The average molecular weight is 721 g/mol. The second-order valence-corrected chi connectivity index (χ2v) is 18.7. The number of ether oxygens (including phenoxy) is 4. The van der Waals surface area contributed by atoms with E-state index in [2.05, 4.69) is 41.2 Å². The van der Waals surface area contributed by atoms with Gasteiger partial charge in [-0.05, 0) is 110 Å². The monoisotopic (exact) mass is 720 g/mol. The SMILES string of the molecule is C=C(C)[C@H](O)[C@H](O)CC(C)[C@@H]1CC[C@]23C[C@]12CCC1[C@@]2(C)CC[C@@H](OC(C)=O)C(C)(C)C2C[C@@H](OC2OC(COC(C)=O)C(O)C(O)C2O)[C@]13C. The Morgan fingerprint density at radius 3 is 2.20 bits per heavy atom. The zero-order chi connectivity index (χ0) is 37.6. The number of hydrogen-bond donors (Lipinski definition) is 5. The predicted molar refractivity (Wildman–Crippen MR) is 187 cm³/mol. The predicted octanol–water partition coefficient (Wildman–Crippen LogP) is 4.05. The van der Waals surface area contributed by atoms with Gasteiger partial charge in [-0.25, -0.2) is 0 Å². The molecular formula is C40H64O11. The van der Waals surface area contributed by atoms with E-state index < -0.39 is 55.0 Å². The number of fused-ring (bicyclic) bond motifs is 3. The van der Waals surface area contributed by atoms with Crippen LogP contribution in [0.1, 0.15) is 113 Å². The molecule has 0 aromatic rings. The molecule has 51 heavy (non-hydrogen) atoms. The average Bonchev–Trinajstić information content (AvgIpc) is 3.62. The standard InChI is InChI=1S/C40H64O11/c1-20(2)31(44)25(43)16-21(3)24-10-15-40-19-39(24,40)14-11-27-37(8)13-12-29(49-23(5)42)36(6,7)28(37)17-30(38(27,40)9)51-35-34(47)33(46)32(45)26(50-35)18-48-22(4)41/h21,24-35,43-47H,1,10-19H2,2-9H3/t21?,24-,25+,26?,27?,28?,29+,30+,31-,32?,33?,34?,35?,37+,38-,39+,40+/m0/s1. The molecule has 290 valence electrons. The molecule has 11 nitrogen and oxygen atoms in total. The van der Waals surface area contributed by atoms with Crippen LogP contribution < -0.4 is 0 Å². The van der Waals surface area contributed by atoms with Crippen LogP contribution in [0, 0.1) is 50.7 Å². The molecule has 11 heteroatoms. The van der Waals surface area contributed by atoms with E-state index in [0.717, 1.165) is 44.9 Å². The second-order valence-electron chi connectivity index (χ2n) is 18.7. The van der Waals surface area contributed by atoms with Crippen molar-refractivity contribution in [3.63, 3.8) is 0 Å². The summed E-state index contributed by atoms with van der Waals surface area (Å²) in [6.07, 6.45) is -1.44. The van der Waals surface area contributed by atoms with Crippen LogP contribution in [0.4, 0.5) is 0 Å². The van der Waals surface area contributed by atoms with Gasteiger partial charge in [0.2, 0.25) is 0 Å². The molecule has 0 aromatic heterocycles. The number of esters is 2. The van der Waals surface area contributed by atoms with Crippen molar-refractivity contribution in [2.24, 2.45) is 50.7 Å². The molecule has 0 amide bonds. The van der Waals surface area contributed by atoms with Crippen LogP contribution in [0.25, 0.3) is 0 Å². The summed E-state index contributed by atoms with van der Waals surface area (Å²) in [7, 11) is 0. The number of aliphatic hydroxyl groups excluding tert-OH is 5. The van der Waals surface area contributed by atoms with Crippen molar-refractivity contribution < 1.29 is 54.1 Å². The fraction of sp³-hybridized carbons (Fsp3) is 0.900. The van der Waals surface area contributed by atoms with Gasteiger partial charge in [0, 0.05) is 24.7 Å². The molecule has 0 aromatic carbocycles. The normalized spacial score (nSPS) is 48.5. The summed E-state index contributed by atoms with van der Waals surface area (Å²) in [6, 6.07) is 0. The topological polar surface area (TPSA) is 172 Å². The van der Waals surface area contributed by atoms with Crippen molar-refractivity contribution in [3.05, 3.63) is 12.2 Å². The van der Waals surface area contributed by atoms with E-state index in [1.54, 1.807) is 6.92 Å². The number of carbonyl (C=O) groups excluding carboxylic acids is 2. The lowest BCUT2D eigenvalue weighted by molar-refractivity contribution is -0.344. The number of hydrogen-bond acceptors (Lipinski definition) is 11. The lowest BCUT2D eigenvalue weighted by Crippen LogP contribution is -2.68. The third kappa shape index (κ3) is 5.86. The Labute approximate surface area is 303 Å². The van der Waals surface area contributed by atoms with E-state index in [-0.39, 0.29) is 63.5 Å². The molecule has 17 atom stereocenters. The first-order chi connectivity index (χ1) is 23.7. The number of aliphatic hydroxyl groups is 5. The van der Waals surface area contributed by atoms with Gasteiger partial charge in [-0.15, -0.1) is 0 Å². The Morgan fingerprint density at radius 1 is 0.882 bits per heavy atom. The van der Waals surface area contributed by atoms with Crippen LogP contribution in [-0.2, 0) is 28.5 Å². The summed E-state index contributed by atoms with van der Waals surface area (Å²) in [4.78, 5) is 23.9. The van der Waals surface area contributed by atoms with E-state index in [4.69, 9.17) is 18.9 Å². The first-order valence-electron chi connectivity index (χ1n) is 19.3. The van der Waals surface area contributed by atoms with Gasteiger partial charge < -0.3 is 44.5 Å². The van der Waals surface area contributed by atoms with E-state index in [9.17, 15) is 35.1 Å². The van der Waals surface area contributed by atoms with Gasteiger partial charge in [-0.3, -0.25) is 9.59 Å². The summed E-state index contributed by atoms with van der Waals surface area (Å²) in [5.74, 6) is 0.0697. The third-order valence-corrected chi connectivity index (χ3v) is 16.0. The van der Waals surface area contributed by atoms with Gasteiger partial charge in [-0.1, -0.05) is 41.2 Å². The van der Waals surface area contributed by atoms with Gasteiger partial charge in [0.25, 0.3) is 0 Å². The van der Waals surface area contributed by atoms with Crippen molar-refractivity contribution in [2.75, 3.05) is 6.61 Å². The largest absolute Gasteiger partial charge is 0.463 e. The molecule has 1 heterocycles. The van der Waals surface area contributed by atoms with E-state index in [0.29, 0.717) is 24.3 Å². The highest BCUT2D eigenvalue weighted by Gasteiger charge is 2.85. The minimum absolute atomic E-state index is 0.0514. The Kier molecular flexibility index (Phi) is 10.2. The zero-order valence-corrected chi connectivity index (χ0v) is 32.0. The van der Waals surface area contributed by atoms with Gasteiger partial charge in [-0.2, -0.15) is 0 Å². The molecule has 0 radical (unpaired) electrons. The van der Waals surface area contributed by atoms with Crippen LogP contribution in [-0.4, -0.2) is 99.2 Å². The molecule has 5 N–H and O–H groups in total. The lowest BCUT2D eigenvalue weighted by Gasteiger charge is -2.69. The van der Waals surface area contributed by atoms with Crippen LogP contribution in [0.15, 0.2) is 12.2 Å². The number of rotatable bonds is 10. The maximum atomic E-state index is 12.3. The molecule has 1 aliphatic heterocycles. The van der Waals surface area contributed by atoms with Crippen LogP contribution >= 0.6 is 0 Å². The molecule has 6 rings (SSSR count). The molecule has 8 unspecified atom stereocenters. The van der Waals surface area contributed by atoms with Crippen molar-refractivity contribution in [2.45, 2.75) is 168 Å². The molecular weight excluding hydrogens is 656 g/mol. The minimum Gasteiger partial charge on any atom is -0.463 e. The fourth-order valence-corrected chi connectivity index (χ4v) is 13.6. The highest BCUT2D eigenvalue weighted by atomic mass is 16.7. The van der Waals surface area contributed by atoms with E-state index >= 15 is 0 Å². The van der Waals surface area contributed by atoms with Crippen LogP contribution in [0.5, 0.6) is 0 Å².